The Hall–Kier alpha value is -1.63. The highest BCUT2D eigenvalue weighted by Gasteiger charge is 2.19. The second-order valence-corrected chi connectivity index (χ2v) is 4.70. The molecule has 2 rings (SSSR count). The van der Waals surface area contributed by atoms with Crippen LogP contribution in [0, 0.1) is 0 Å². The van der Waals surface area contributed by atoms with Crippen molar-refractivity contribution in [2.75, 3.05) is 0 Å². The Labute approximate surface area is 102 Å². The van der Waals surface area contributed by atoms with Crippen molar-refractivity contribution in [1.29, 1.82) is 0 Å². The maximum Gasteiger partial charge on any atom is 0.317 e. The third kappa shape index (κ3) is 2.73. The van der Waals surface area contributed by atoms with Gasteiger partial charge in [0, 0.05) is 0 Å². The molecule has 0 aliphatic heterocycles. The summed E-state index contributed by atoms with van der Waals surface area (Å²) in [4.78, 5) is 26.2. The molecule has 1 atom stereocenters. The Kier molecular flexibility index (Phi) is 3.58. The van der Waals surface area contributed by atoms with Crippen molar-refractivity contribution >= 4 is 28.9 Å². The summed E-state index contributed by atoms with van der Waals surface area (Å²) in [6.07, 6.45) is 4.56. The Morgan fingerprint density at radius 2 is 2.41 bits per heavy atom. The van der Waals surface area contributed by atoms with E-state index in [0.717, 1.165) is 23.7 Å². The minimum Gasteiger partial charge on any atom is -0.480 e. The van der Waals surface area contributed by atoms with E-state index >= 15 is 0 Å². The number of aromatic nitrogens is 4. The van der Waals surface area contributed by atoms with Crippen LogP contribution in [0.3, 0.4) is 0 Å². The van der Waals surface area contributed by atoms with Gasteiger partial charge in [-0.15, -0.1) is 0 Å². The smallest absolute Gasteiger partial charge is 0.317 e. The molecule has 0 aliphatic carbocycles. The number of carboxylic acid groups (broad SMARTS) is 1. The minimum atomic E-state index is -0.831. The predicted molar refractivity (Wildman–Crippen MR) is 63.9 cm³/mol. The number of nitrogens with one attached hydrogen (secondary N) is 1. The van der Waals surface area contributed by atoms with E-state index in [1.807, 2.05) is 6.92 Å². The van der Waals surface area contributed by atoms with Crippen molar-refractivity contribution in [2.45, 2.75) is 30.2 Å². The van der Waals surface area contributed by atoms with Gasteiger partial charge in [-0.05, 0) is 6.42 Å². The van der Waals surface area contributed by atoms with Gasteiger partial charge >= 0.3 is 5.97 Å². The molecule has 0 aromatic carbocycles. The number of hydrogen-bond donors (Lipinski definition) is 2. The summed E-state index contributed by atoms with van der Waals surface area (Å²) in [5, 5.41) is 8.99. The molecule has 0 saturated carbocycles. The van der Waals surface area contributed by atoms with Gasteiger partial charge in [0.1, 0.15) is 10.8 Å². The first kappa shape index (κ1) is 11.8. The fourth-order valence-electron chi connectivity index (χ4n) is 1.40. The normalized spacial score (nSPS) is 12.8. The highest BCUT2D eigenvalue weighted by Crippen LogP contribution is 2.24. The summed E-state index contributed by atoms with van der Waals surface area (Å²) in [5.74, 6) is -0.831. The van der Waals surface area contributed by atoms with E-state index in [2.05, 4.69) is 19.9 Å². The summed E-state index contributed by atoms with van der Waals surface area (Å²) < 4.78 is 0. The first-order chi connectivity index (χ1) is 8.20. The number of hydrogen-bond acceptors (Lipinski definition) is 5. The molecule has 2 heterocycles. The van der Waals surface area contributed by atoms with E-state index in [4.69, 9.17) is 5.11 Å². The van der Waals surface area contributed by atoms with Crippen LogP contribution in [0.5, 0.6) is 0 Å². The van der Waals surface area contributed by atoms with Crippen LogP contribution in [-0.2, 0) is 4.79 Å². The number of fused-ring (bicyclic) bond motifs is 1. The Morgan fingerprint density at radius 3 is 3.12 bits per heavy atom. The van der Waals surface area contributed by atoms with Crippen LogP contribution < -0.4 is 0 Å². The number of nitrogens with zero attached hydrogens (tertiary/aromatic N) is 3. The zero-order chi connectivity index (χ0) is 12.3. The summed E-state index contributed by atoms with van der Waals surface area (Å²) in [6, 6.07) is 0. The second kappa shape index (κ2) is 5.13. The molecule has 2 aromatic rings. The van der Waals surface area contributed by atoms with Crippen molar-refractivity contribution in [1.82, 2.24) is 19.9 Å². The minimum absolute atomic E-state index is 0.449. The lowest BCUT2D eigenvalue weighted by molar-refractivity contribution is -0.136. The number of H-pyrrole nitrogens is 1. The molecular weight excluding hydrogens is 240 g/mol. The zero-order valence-electron chi connectivity index (χ0n) is 9.25. The van der Waals surface area contributed by atoms with Gasteiger partial charge < -0.3 is 10.1 Å². The maximum atomic E-state index is 11.0. The molecule has 0 bridgehead atoms. The van der Waals surface area contributed by atoms with Crippen LogP contribution in [0.1, 0.15) is 19.8 Å². The van der Waals surface area contributed by atoms with E-state index in [1.165, 1.54) is 6.33 Å². The third-order valence-corrected chi connectivity index (χ3v) is 3.36. The van der Waals surface area contributed by atoms with Gasteiger partial charge in [0.25, 0.3) is 0 Å². The van der Waals surface area contributed by atoms with Crippen molar-refractivity contribution in [3.05, 3.63) is 12.5 Å². The molecule has 0 aliphatic rings. The standard InChI is InChI=1S/C10H12N4O2S/c1-2-3-7(9(15)16)17-10-11-4-6-8(14-10)13-5-12-6/h4-5,7H,2-3H2,1H3,(H,15,16)(H,11,12,13,14). The monoisotopic (exact) mass is 252 g/mol. The third-order valence-electron chi connectivity index (χ3n) is 2.23. The van der Waals surface area contributed by atoms with Crippen LogP contribution >= 0.6 is 11.8 Å². The van der Waals surface area contributed by atoms with E-state index in [-0.39, 0.29) is 0 Å². The average molecular weight is 252 g/mol. The molecule has 1 unspecified atom stereocenters. The fourth-order valence-corrected chi connectivity index (χ4v) is 2.36. The van der Waals surface area contributed by atoms with Crippen molar-refractivity contribution in [3.8, 4) is 0 Å². The Morgan fingerprint density at radius 1 is 1.59 bits per heavy atom. The fraction of sp³-hybridized carbons (Fsp3) is 0.400. The van der Waals surface area contributed by atoms with Gasteiger partial charge in [0.15, 0.2) is 10.8 Å². The molecule has 17 heavy (non-hydrogen) atoms. The first-order valence-corrected chi connectivity index (χ1v) is 6.14. The number of thioether (sulfide) groups is 1. The molecule has 2 N–H and O–H groups in total. The highest BCUT2D eigenvalue weighted by atomic mass is 32.2. The number of aliphatic carboxylic acids is 1. The van der Waals surface area contributed by atoms with E-state index < -0.39 is 11.2 Å². The van der Waals surface area contributed by atoms with Crippen molar-refractivity contribution in [3.63, 3.8) is 0 Å². The molecule has 90 valence electrons. The van der Waals surface area contributed by atoms with E-state index in [0.29, 0.717) is 17.2 Å². The average Bonchev–Trinajstić information content (AvgIpc) is 2.75. The lowest BCUT2D eigenvalue weighted by Crippen LogP contribution is -2.16. The molecule has 0 amide bonds. The molecule has 0 saturated heterocycles. The van der Waals surface area contributed by atoms with Crippen LogP contribution in [0.2, 0.25) is 0 Å². The zero-order valence-corrected chi connectivity index (χ0v) is 10.1. The lowest BCUT2D eigenvalue weighted by atomic mass is 10.2. The Bertz CT molecular complexity index is 528. The second-order valence-electron chi connectivity index (χ2n) is 3.53. The molecule has 2 aromatic heterocycles. The van der Waals surface area contributed by atoms with Crippen LogP contribution in [-0.4, -0.2) is 36.3 Å². The predicted octanol–water partition coefficient (Wildman–Crippen LogP) is 1.70. The van der Waals surface area contributed by atoms with Gasteiger partial charge in [-0.25, -0.2) is 15.0 Å². The lowest BCUT2D eigenvalue weighted by Gasteiger charge is -2.08. The number of carboxylic acids is 1. The van der Waals surface area contributed by atoms with E-state index in [9.17, 15) is 4.79 Å². The summed E-state index contributed by atoms with van der Waals surface area (Å²) in [7, 11) is 0. The van der Waals surface area contributed by atoms with Crippen molar-refractivity contribution in [2.24, 2.45) is 0 Å². The number of rotatable bonds is 5. The number of carbonyl (C=O) groups is 1. The molecule has 6 nitrogen and oxygen atoms in total. The van der Waals surface area contributed by atoms with Gasteiger partial charge in [-0.2, -0.15) is 0 Å². The van der Waals surface area contributed by atoms with E-state index in [1.54, 1.807) is 6.20 Å². The van der Waals surface area contributed by atoms with Crippen LogP contribution in [0.15, 0.2) is 17.7 Å². The summed E-state index contributed by atoms with van der Waals surface area (Å²) in [6.45, 7) is 1.95. The van der Waals surface area contributed by atoms with Gasteiger partial charge in [0.05, 0.1) is 12.5 Å². The van der Waals surface area contributed by atoms with Gasteiger partial charge in [-0.3, -0.25) is 4.79 Å². The van der Waals surface area contributed by atoms with Gasteiger partial charge in [0.2, 0.25) is 0 Å². The Balaban J connectivity index is 2.18. The SMILES string of the molecule is CCCC(Sc1ncc2[nH]cnc2n1)C(=O)O. The molecule has 0 spiro atoms. The van der Waals surface area contributed by atoms with Crippen LogP contribution in [0.25, 0.3) is 11.2 Å². The molecular formula is C10H12N4O2S. The number of imidazole rings is 1. The molecule has 0 fully saturated rings. The summed E-state index contributed by atoms with van der Waals surface area (Å²) in [5.41, 5.74) is 1.31. The number of aromatic amines is 1. The quantitative estimate of drug-likeness (QED) is 0.621. The first-order valence-electron chi connectivity index (χ1n) is 5.26. The van der Waals surface area contributed by atoms with Crippen LogP contribution in [0.4, 0.5) is 0 Å². The maximum absolute atomic E-state index is 11.0. The topological polar surface area (TPSA) is 91.8 Å². The molecule has 7 heteroatoms. The van der Waals surface area contributed by atoms with Crippen molar-refractivity contribution < 1.29 is 9.90 Å². The highest BCUT2D eigenvalue weighted by molar-refractivity contribution is 8.00. The van der Waals surface area contributed by atoms with Gasteiger partial charge in [-0.1, -0.05) is 25.1 Å². The molecule has 0 radical (unpaired) electrons. The summed E-state index contributed by atoms with van der Waals surface area (Å²) >= 11 is 1.16. The largest absolute Gasteiger partial charge is 0.480 e.